The Kier molecular flexibility index (Phi) is 19.3. The number of phosphoric acid groups is 1. The van der Waals surface area contributed by atoms with E-state index in [0.29, 0.717) is 5.75 Å². The maximum Gasteiger partial charge on any atom is 0.472 e. The van der Waals surface area contributed by atoms with E-state index in [4.69, 9.17) is 19.3 Å². The maximum absolute atomic E-state index is 11.0. The predicted octanol–water partition coefficient (Wildman–Crippen LogP) is 8.58. The van der Waals surface area contributed by atoms with Crippen LogP contribution in [0.2, 0.25) is 0 Å². The average molecular weight is 719 g/mol. The van der Waals surface area contributed by atoms with Crippen molar-refractivity contribution in [2.24, 2.45) is 17.8 Å². The summed E-state index contributed by atoms with van der Waals surface area (Å²) in [5.41, 5.74) is 3.85. The van der Waals surface area contributed by atoms with Crippen molar-refractivity contribution in [1.29, 1.82) is 0 Å². The summed E-state index contributed by atoms with van der Waals surface area (Å²) in [6.45, 7) is 17.2. The van der Waals surface area contributed by atoms with Crippen LogP contribution in [0.5, 0.6) is 11.5 Å². The number of benzene rings is 1. The smallest absolute Gasteiger partial charge is 0.472 e. The van der Waals surface area contributed by atoms with Crippen molar-refractivity contribution in [3.63, 3.8) is 0 Å². The molecular formula is C30H53O6PY2. The van der Waals surface area contributed by atoms with Crippen LogP contribution in [0.25, 0.3) is 0 Å². The van der Waals surface area contributed by atoms with Crippen LogP contribution in [0.15, 0.2) is 0 Å². The Balaban J connectivity index is 0.00000722. The molecular weight excluding hydrogens is 665 g/mol. The average Bonchev–Trinajstić information content (AvgIpc) is 2.78. The first kappa shape index (κ1) is 40.1. The van der Waals surface area contributed by atoms with Gasteiger partial charge in [0.05, 0.1) is 0 Å². The second-order valence-corrected chi connectivity index (χ2v) is 13.5. The number of fused-ring (bicyclic) bond motifs is 1. The van der Waals surface area contributed by atoms with Crippen LogP contribution in [-0.4, -0.2) is 22.2 Å². The first-order valence-corrected chi connectivity index (χ1v) is 15.9. The van der Waals surface area contributed by atoms with Crippen molar-refractivity contribution >= 4 is 7.82 Å². The molecule has 2 N–H and O–H groups in total. The van der Waals surface area contributed by atoms with Crippen molar-refractivity contribution in [3.8, 4) is 11.5 Å². The van der Waals surface area contributed by atoms with Gasteiger partial charge in [-0.15, -0.1) is 0 Å². The van der Waals surface area contributed by atoms with Gasteiger partial charge in [0, 0.05) is 71.0 Å². The van der Waals surface area contributed by atoms with Gasteiger partial charge < -0.3 is 19.3 Å². The van der Waals surface area contributed by atoms with Gasteiger partial charge in [0.1, 0.15) is 17.1 Å². The molecule has 1 aliphatic rings. The van der Waals surface area contributed by atoms with Crippen molar-refractivity contribution in [3.05, 3.63) is 22.3 Å². The van der Waals surface area contributed by atoms with Crippen molar-refractivity contribution in [2.45, 2.75) is 132 Å². The molecule has 9 heteroatoms. The van der Waals surface area contributed by atoms with E-state index in [1.165, 1.54) is 51.4 Å². The van der Waals surface area contributed by atoms with Gasteiger partial charge in [-0.2, -0.15) is 0 Å². The van der Waals surface area contributed by atoms with E-state index in [0.717, 1.165) is 65.0 Å². The van der Waals surface area contributed by atoms with Gasteiger partial charge in [-0.1, -0.05) is 72.6 Å². The van der Waals surface area contributed by atoms with Crippen LogP contribution in [0.1, 0.15) is 121 Å². The molecule has 0 aliphatic carbocycles. The Hall–Kier alpha value is 1.14. The third kappa shape index (κ3) is 14.0. The zero-order valence-electron chi connectivity index (χ0n) is 25.8. The molecule has 0 amide bonds. The molecule has 39 heavy (non-hydrogen) atoms. The summed E-state index contributed by atoms with van der Waals surface area (Å²) < 4.78 is 27.8. The minimum atomic E-state index is -4.57. The van der Waals surface area contributed by atoms with Crippen LogP contribution in [0.4, 0.5) is 0 Å². The molecule has 0 saturated heterocycles. The van der Waals surface area contributed by atoms with E-state index in [-0.39, 0.29) is 71.0 Å². The summed E-state index contributed by atoms with van der Waals surface area (Å²) in [6, 6.07) is 0. The van der Waals surface area contributed by atoms with Gasteiger partial charge in [-0.05, 0) is 87.8 Å². The van der Waals surface area contributed by atoms with Gasteiger partial charge in [0.15, 0.2) is 6.79 Å². The first-order chi connectivity index (χ1) is 17.2. The van der Waals surface area contributed by atoms with E-state index >= 15 is 0 Å². The molecule has 0 spiro atoms. The molecule has 220 valence electrons. The summed E-state index contributed by atoms with van der Waals surface area (Å²) in [7, 11) is -4.57. The fourth-order valence-electron chi connectivity index (χ4n) is 5.63. The van der Waals surface area contributed by atoms with Crippen LogP contribution in [-0.2, 0) is 80.9 Å². The summed E-state index contributed by atoms with van der Waals surface area (Å²) >= 11 is 0. The summed E-state index contributed by atoms with van der Waals surface area (Å²) in [5, 5.41) is 0. The van der Waals surface area contributed by atoms with Gasteiger partial charge in [-0.3, -0.25) is 0 Å². The van der Waals surface area contributed by atoms with Gasteiger partial charge in [-0.25, -0.2) is 9.09 Å². The normalized spacial score (nSPS) is 18.4. The topological polar surface area (TPSA) is 85.2 Å². The third-order valence-electron chi connectivity index (χ3n) is 8.26. The third-order valence-corrected chi connectivity index (χ3v) is 8.70. The molecule has 0 aromatic heterocycles. The minimum absolute atomic E-state index is 0. The molecule has 0 fully saturated rings. The largest absolute Gasteiger partial charge is 0.487 e. The van der Waals surface area contributed by atoms with Crippen LogP contribution >= 0.6 is 7.82 Å². The number of hydrogen-bond donors (Lipinski definition) is 2. The first-order valence-electron chi connectivity index (χ1n) is 14.4. The molecule has 1 aromatic rings. The Morgan fingerprint density at radius 3 is 1.95 bits per heavy atom. The molecule has 2 radical (unpaired) electrons. The van der Waals surface area contributed by atoms with E-state index in [1.807, 2.05) is 20.8 Å². The van der Waals surface area contributed by atoms with Gasteiger partial charge in [0.2, 0.25) is 0 Å². The summed E-state index contributed by atoms with van der Waals surface area (Å²) in [6.07, 6.45) is 13.4. The van der Waals surface area contributed by atoms with Crippen LogP contribution < -0.4 is 9.47 Å². The van der Waals surface area contributed by atoms with Gasteiger partial charge in [0.25, 0.3) is 0 Å². The number of rotatable bonds is 16. The standard InChI is InChI=1S/C30H53O6P.2Y/c1-21(2)12-9-13-22(3)14-10-15-23(4)16-11-18-30(8)19-17-27-26(7)28(34-20-35-37(31,32)33)24(5)25(6)29(27)36-30;;/h21-23H,9-20H2,1-8H3,(H2,31,32,33);;. The van der Waals surface area contributed by atoms with E-state index in [2.05, 4.69) is 39.1 Å². The van der Waals surface area contributed by atoms with Crippen molar-refractivity contribution in [2.75, 3.05) is 6.79 Å². The molecule has 6 nitrogen and oxygen atoms in total. The number of hydrogen-bond acceptors (Lipinski definition) is 4. The zero-order chi connectivity index (χ0) is 27.8. The van der Waals surface area contributed by atoms with E-state index < -0.39 is 14.6 Å². The second kappa shape index (κ2) is 18.7. The molecule has 3 atom stereocenters. The Labute approximate surface area is 288 Å². The molecule has 1 heterocycles. The second-order valence-electron chi connectivity index (χ2n) is 12.3. The van der Waals surface area contributed by atoms with E-state index in [9.17, 15) is 4.57 Å². The fourth-order valence-corrected chi connectivity index (χ4v) is 5.82. The fraction of sp³-hybridized carbons (Fsp3) is 0.800. The van der Waals surface area contributed by atoms with Crippen LogP contribution in [0, 0.1) is 38.5 Å². The van der Waals surface area contributed by atoms with Gasteiger partial charge >= 0.3 is 7.82 Å². The Bertz CT molecular complexity index is 919. The molecule has 3 unspecified atom stereocenters. The van der Waals surface area contributed by atoms with Crippen LogP contribution in [0.3, 0.4) is 0 Å². The molecule has 1 aromatic carbocycles. The predicted molar refractivity (Wildman–Crippen MR) is 151 cm³/mol. The molecule has 1 aliphatic heterocycles. The molecule has 0 saturated carbocycles. The SMILES string of the molecule is Cc1c(C)c2c(c(C)c1OCOP(=O)(O)O)CCC(C)(CCCC(C)CCCC(C)CCCC(C)C)O2.[Y].[Y]. The Morgan fingerprint density at radius 1 is 0.872 bits per heavy atom. The number of phosphoric ester groups is 1. The molecule has 2 rings (SSSR count). The minimum Gasteiger partial charge on any atom is -0.487 e. The summed E-state index contributed by atoms with van der Waals surface area (Å²) in [4.78, 5) is 17.9. The van der Waals surface area contributed by atoms with Crippen molar-refractivity contribution in [1.82, 2.24) is 0 Å². The maximum atomic E-state index is 11.0. The quantitative estimate of drug-likeness (QED) is 0.132. The van der Waals surface area contributed by atoms with Crippen molar-refractivity contribution < 1.29 is 93.8 Å². The number of ether oxygens (including phenoxy) is 2. The summed E-state index contributed by atoms with van der Waals surface area (Å²) in [5.74, 6) is 4.00. The Morgan fingerprint density at radius 2 is 1.41 bits per heavy atom. The monoisotopic (exact) mass is 718 g/mol. The zero-order valence-corrected chi connectivity index (χ0v) is 32.4. The molecule has 0 bridgehead atoms. The van der Waals surface area contributed by atoms with E-state index in [1.54, 1.807) is 0 Å².